The van der Waals surface area contributed by atoms with Crippen molar-refractivity contribution in [1.82, 2.24) is 15.6 Å². The molecular formula is C16H29IN4S. The largest absolute Gasteiger partial charge is 0.356 e. The maximum absolute atomic E-state index is 4.45. The Labute approximate surface area is 155 Å². The molecule has 2 rings (SSSR count). The predicted octanol–water partition coefficient (Wildman–Crippen LogP) is 4.01. The number of guanidine groups is 1. The van der Waals surface area contributed by atoms with E-state index in [2.05, 4.69) is 34.5 Å². The molecule has 0 amide bonds. The molecule has 1 heterocycles. The molecule has 1 aliphatic carbocycles. The van der Waals surface area contributed by atoms with E-state index in [1.54, 1.807) is 11.3 Å². The highest BCUT2D eigenvalue weighted by Crippen LogP contribution is 2.28. The van der Waals surface area contributed by atoms with Gasteiger partial charge in [0, 0.05) is 18.5 Å². The zero-order chi connectivity index (χ0) is 15.1. The van der Waals surface area contributed by atoms with Crippen molar-refractivity contribution in [3.05, 3.63) is 15.6 Å². The Bertz CT molecular complexity index is 467. The van der Waals surface area contributed by atoms with E-state index in [1.165, 1.54) is 43.4 Å². The van der Waals surface area contributed by atoms with Gasteiger partial charge < -0.3 is 10.6 Å². The van der Waals surface area contributed by atoms with Crippen LogP contribution in [0.5, 0.6) is 0 Å². The number of hydrogen-bond acceptors (Lipinski definition) is 3. The van der Waals surface area contributed by atoms with Gasteiger partial charge in [-0.25, -0.2) is 4.98 Å². The minimum Gasteiger partial charge on any atom is -0.356 e. The lowest BCUT2D eigenvalue weighted by molar-refractivity contribution is 0.481. The Morgan fingerprint density at radius 2 is 2.00 bits per heavy atom. The van der Waals surface area contributed by atoms with Gasteiger partial charge in [0.25, 0.3) is 0 Å². The van der Waals surface area contributed by atoms with Gasteiger partial charge in [-0.15, -0.1) is 35.3 Å². The van der Waals surface area contributed by atoms with E-state index in [0.29, 0.717) is 0 Å². The highest BCUT2D eigenvalue weighted by molar-refractivity contribution is 14.0. The summed E-state index contributed by atoms with van der Waals surface area (Å²) < 4.78 is 0. The normalized spacial score (nSPS) is 15.7. The number of aryl methyl sites for hydroxylation is 2. The maximum Gasteiger partial charge on any atom is 0.191 e. The molecule has 1 saturated carbocycles. The lowest BCUT2D eigenvalue weighted by Crippen LogP contribution is -2.37. The average molecular weight is 436 g/mol. The number of hydrogen-bond donors (Lipinski definition) is 2. The molecule has 0 unspecified atom stereocenters. The molecule has 0 bridgehead atoms. The second kappa shape index (κ2) is 10.4. The fourth-order valence-corrected chi connectivity index (χ4v) is 3.90. The molecule has 1 aliphatic rings. The Kier molecular flexibility index (Phi) is 9.31. The zero-order valence-corrected chi connectivity index (χ0v) is 17.1. The summed E-state index contributed by atoms with van der Waals surface area (Å²) in [6, 6.07) is 0. The maximum atomic E-state index is 4.45. The van der Waals surface area contributed by atoms with Gasteiger partial charge in [-0.3, -0.25) is 4.99 Å². The second-order valence-electron chi connectivity index (χ2n) is 5.89. The predicted molar refractivity (Wildman–Crippen MR) is 106 cm³/mol. The minimum absolute atomic E-state index is 0. The number of rotatable bonds is 6. The van der Waals surface area contributed by atoms with E-state index in [4.69, 9.17) is 0 Å². The molecule has 0 radical (unpaired) electrons. The molecule has 4 nitrogen and oxygen atoms in total. The van der Waals surface area contributed by atoms with E-state index in [1.807, 2.05) is 7.05 Å². The first kappa shape index (κ1) is 19.7. The molecule has 6 heteroatoms. The van der Waals surface area contributed by atoms with Gasteiger partial charge in [-0.05, 0) is 32.6 Å². The summed E-state index contributed by atoms with van der Waals surface area (Å²) >= 11 is 1.76. The van der Waals surface area contributed by atoms with Crippen molar-refractivity contribution >= 4 is 41.3 Å². The van der Waals surface area contributed by atoms with Crippen LogP contribution in [0.25, 0.3) is 0 Å². The van der Waals surface area contributed by atoms with Crippen molar-refractivity contribution in [3.8, 4) is 0 Å². The SMILES string of the molecule is CN=C(NCCCC1CCCC1)NCc1sc(C)nc1C.I. The topological polar surface area (TPSA) is 49.3 Å². The smallest absolute Gasteiger partial charge is 0.191 e. The molecular weight excluding hydrogens is 407 g/mol. The third-order valence-electron chi connectivity index (χ3n) is 4.20. The molecule has 22 heavy (non-hydrogen) atoms. The van der Waals surface area contributed by atoms with Crippen LogP contribution < -0.4 is 10.6 Å². The van der Waals surface area contributed by atoms with Crippen LogP contribution in [0.2, 0.25) is 0 Å². The zero-order valence-electron chi connectivity index (χ0n) is 13.9. The van der Waals surface area contributed by atoms with Crippen LogP contribution in [-0.2, 0) is 6.54 Å². The summed E-state index contributed by atoms with van der Waals surface area (Å²) in [6.45, 7) is 5.94. The second-order valence-corrected chi connectivity index (χ2v) is 7.17. The number of aromatic nitrogens is 1. The Balaban J connectivity index is 0.00000242. The van der Waals surface area contributed by atoms with Crippen LogP contribution in [0.1, 0.15) is 54.1 Å². The van der Waals surface area contributed by atoms with Gasteiger partial charge in [-0.2, -0.15) is 0 Å². The van der Waals surface area contributed by atoms with Crippen molar-refractivity contribution in [2.75, 3.05) is 13.6 Å². The van der Waals surface area contributed by atoms with Crippen molar-refractivity contribution in [1.29, 1.82) is 0 Å². The molecule has 0 aromatic carbocycles. The number of halogens is 1. The molecule has 1 aromatic heterocycles. The Hall–Kier alpha value is -0.370. The monoisotopic (exact) mass is 436 g/mol. The summed E-state index contributed by atoms with van der Waals surface area (Å²) in [5, 5.41) is 7.92. The third kappa shape index (κ3) is 6.40. The molecule has 2 N–H and O–H groups in total. The van der Waals surface area contributed by atoms with E-state index in [-0.39, 0.29) is 24.0 Å². The van der Waals surface area contributed by atoms with Gasteiger partial charge in [-0.1, -0.05) is 25.7 Å². The molecule has 1 aromatic rings. The Morgan fingerprint density at radius 1 is 1.27 bits per heavy atom. The summed E-state index contributed by atoms with van der Waals surface area (Å²) in [7, 11) is 1.83. The number of aliphatic imine (C=N–C) groups is 1. The fraction of sp³-hybridized carbons (Fsp3) is 0.750. The standard InChI is InChI=1S/C16H28N4S.HI/c1-12-15(21-13(2)20-12)11-19-16(17-3)18-10-6-9-14-7-4-5-8-14;/h14H,4-11H2,1-3H3,(H2,17,18,19);1H. The van der Waals surface area contributed by atoms with Crippen LogP contribution in [-0.4, -0.2) is 24.5 Å². The highest BCUT2D eigenvalue weighted by atomic mass is 127. The lowest BCUT2D eigenvalue weighted by Gasteiger charge is -2.13. The molecule has 1 fully saturated rings. The number of nitrogens with zero attached hydrogens (tertiary/aromatic N) is 2. The van der Waals surface area contributed by atoms with Crippen LogP contribution in [0, 0.1) is 19.8 Å². The quantitative estimate of drug-likeness (QED) is 0.307. The van der Waals surface area contributed by atoms with Gasteiger partial charge in [0.1, 0.15) is 0 Å². The Morgan fingerprint density at radius 3 is 2.59 bits per heavy atom. The van der Waals surface area contributed by atoms with Crippen molar-refractivity contribution in [2.24, 2.45) is 10.9 Å². The summed E-state index contributed by atoms with van der Waals surface area (Å²) in [6.07, 6.45) is 8.36. The summed E-state index contributed by atoms with van der Waals surface area (Å²) in [4.78, 5) is 10.0. The highest BCUT2D eigenvalue weighted by Gasteiger charge is 2.14. The molecule has 0 aliphatic heterocycles. The first-order valence-electron chi connectivity index (χ1n) is 8.06. The molecule has 0 atom stereocenters. The summed E-state index contributed by atoms with van der Waals surface area (Å²) in [5.74, 6) is 1.87. The van der Waals surface area contributed by atoms with Crippen LogP contribution in [0.3, 0.4) is 0 Å². The first-order chi connectivity index (χ1) is 10.2. The first-order valence-corrected chi connectivity index (χ1v) is 8.88. The fourth-order valence-electron chi connectivity index (χ4n) is 3.02. The number of nitrogens with one attached hydrogen (secondary N) is 2. The van der Waals surface area contributed by atoms with Crippen LogP contribution in [0.4, 0.5) is 0 Å². The van der Waals surface area contributed by atoms with Gasteiger partial charge in [0.2, 0.25) is 0 Å². The van der Waals surface area contributed by atoms with Gasteiger partial charge in [0.05, 0.1) is 17.2 Å². The van der Waals surface area contributed by atoms with Crippen molar-refractivity contribution in [2.45, 2.75) is 58.9 Å². The van der Waals surface area contributed by atoms with Crippen LogP contribution >= 0.6 is 35.3 Å². The van der Waals surface area contributed by atoms with Crippen molar-refractivity contribution in [3.63, 3.8) is 0 Å². The minimum atomic E-state index is 0. The molecule has 126 valence electrons. The van der Waals surface area contributed by atoms with Crippen LogP contribution in [0.15, 0.2) is 4.99 Å². The van der Waals surface area contributed by atoms with Gasteiger partial charge in [0.15, 0.2) is 5.96 Å². The van der Waals surface area contributed by atoms with E-state index < -0.39 is 0 Å². The molecule has 0 saturated heterocycles. The third-order valence-corrected chi connectivity index (χ3v) is 5.27. The lowest BCUT2D eigenvalue weighted by atomic mass is 10.0. The van der Waals surface area contributed by atoms with Gasteiger partial charge >= 0.3 is 0 Å². The van der Waals surface area contributed by atoms with E-state index >= 15 is 0 Å². The number of thiazole rings is 1. The summed E-state index contributed by atoms with van der Waals surface area (Å²) in [5.41, 5.74) is 1.13. The van der Waals surface area contributed by atoms with E-state index in [0.717, 1.165) is 35.7 Å². The average Bonchev–Trinajstić information content (AvgIpc) is 3.08. The van der Waals surface area contributed by atoms with E-state index in [9.17, 15) is 0 Å². The molecule has 0 spiro atoms. The van der Waals surface area contributed by atoms with Crippen molar-refractivity contribution < 1.29 is 0 Å².